The van der Waals surface area contributed by atoms with E-state index in [1.165, 1.54) is 39.3 Å². The third-order valence-corrected chi connectivity index (χ3v) is 5.53. The van der Waals surface area contributed by atoms with Crippen LogP contribution in [0.4, 0.5) is 11.4 Å². The van der Waals surface area contributed by atoms with Gasteiger partial charge in [-0.05, 0) is 37.3 Å². The van der Waals surface area contributed by atoms with Gasteiger partial charge in [-0.2, -0.15) is 0 Å². The normalized spacial score (nSPS) is 12.2. The number of methoxy groups -OCH3 is 2. The molecule has 1 amide bonds. The molecule has 0 saturated heterocycles. The summed E-state index contributed by atoms with van der Waals surface area (Å²) in [7, 11) is -0.852. The van der Waals surface area contributed by atoms with Gasteiger partial charge in [-0.3, -0.25) is 9.10 Å². The van der Waals surface area contributed by atoms with Crippen LogP contribution in [0.15, 0.2) is 36.4 Å². The molecular weight excluding hydrogens is 427 g/mol. The lowest BCUT2D eigenvalue weighted by molar-refractivity contribution is -0.116. The number of amides is 1. The summed E-state index contributed by atoms with van der Waals surface area (Å²) in [5, 5.41) is 3.17. The van der Waals surface area contributed by atoms with Crippen molar-refractivity contribution < 1.29 is 22.7 Å². The molecule has 0 aliphatic rings. The van der Waals surface area contributed by atoms with E-state index in [4.69, 9.17) is 32.7 Å². The van der Waals surface area contributed by atoms with Gasteiger partial charge in [0.1, 0.15) is 17.5 Å². The summed E-state index contributed by atoms with van der Waals surface area (Å²) in [4.78, 5) is 12.8. The van der Waals surface area contributed by atoms with Crippen LogP contribution in [-0.4, -0.2) is 40.8 Å². The first kappa shape index (κ1) is 22.1. The van der Waals surface area contributed by atoms with Crippen molar-refractivity contribution in [2.45, 2.75) is 13.0 Å². The van der Waals surface area contributed by atoms with Crippen LogP contribution < -0.4 is 19.1 Å². The largest absolute Gasteiger partial charge is 0.497 e. The molecular formula is C18H20Cl2N2O5S. The topological polar surface area (TPSA) is 84.9 Å². The van der Waals surface area contributed by atoms with Crippen molar-refractivity contribution >= 4 is 50.5 Å². The van der Waals surface area contributed by atoms with Crippen LogP contribution in [0.5, 0.6) is 11.5 Å². The lowest BCUT2D eigenvalue weighted by Crippen LogP contribution is -2.45. The molecule has 0 fully saturated rings. The van der Waals surface area contributed by atoms with Crippen LogP contribution in [0.25, 0.3) is 0 Å². The third kappa shape index (κ3) is 5.21. The lowest BCUT2D eigenvalue weighted by atomic mass is 10.2. The molecule has 0 spiro atoms. The summed E-state index contributed by atoms with van der Waals surface area (Å²) in [5.41, 5.74) is 0.557. The summed E-state index contributed by atoms with van der Waals surface area (Å²) >= 11 is 12.0. The van der Waals surface area contributed by atoms with Crippen molar-refractivity contribution in [3.63, 3.8) is 0 Å². The Balaban J connectivity index is 2.37. The van der Waals surface area contributed by atoms with Crippen molar-refractivity contribution in [1.29, 1.82) is 0 Å². The fourth-order valence-corrected chi connectivity index (χ4v) is 4.29. The molecule has 0 heterocycles. The van der Waals surface area contributed by atoms with Crippen molar-refractivity contribution in [2.75, 3.05) is 30.1 Å². The Hall–Kier alpha value is -2.16. The summed E-state index contributed by atoms with van der Waals surface area (Å²) in [6, 6.07) is 8.08. The zero-order valence-electron chi connectivity index (χ0n) is 15.7. The minimum atomic E-state index is -3.81. The van der Waals surface area contributed by atoms with E-state index in [2.05, 4.69) is 5.32 Å². The quantitative estimate of drug-likeness (QED) is 0.698. The molecule has 1 unspecified atom stereocenters. The molecule has 7 nitrogen and oxygen atoms in total. The second kappa shape index (κ2) is 8.89. The Morgan fingerprint density at radius 1 is 1.07 bits per heavy atom. The van der Waals surface area contributed by atoms with E-state index in [1.807, 2.05) is 0 Å². The average molecular weight is 447 g/mol. The van der Waals surface area contributed by atoms with Crippen LogP contribution in [0.2, 0.25) is 10.0 Å². The lowest BCUT2D eigenvalue weighted by Gasteiger charge is -2.28. The van der Waals surface area contributed by atoms with E-state index in [1.54, 1.807) is 18.2 Å². The Labute approximate surface area is 174 Å². The van der Waals surface area contributed by atoms with Gasteiger partial charge in [0.05, 0.1) is 31.9 Å². The molecule has 0 bridgehead atoms. The maximum absolute atomic E-state index is 12.8. The molecule has 0 aromatic heterocycles. The second-order valence-electron chi connectivity index (χ2n) is 5.92. The van der Waals surface area contributed by atoms with E-state index in [0.717, 1.165) is 10.6 Å². The van der Waals surface area contributed by atoms with Crippen molar-refractivity contribution in [3.8, 4) is 11.5 Å². The van der Waals surface area contributed by atoms with E-state index in [0.29, 0.717) is 17.2 Å². The SMILES string of the molecule is COc1ccc(NC(=O)C(C)N(c2cc(Cl)cc(Cl)c2)S(C)(=O)=O)c(OC)c1. The first-order valence-corrected chi connectivity index (χ1v) is 10.7. The molecule has 0 saturated carbocycles. The highest BCUT2D eigenvalue weighted by Crippen LogP contribution is 2.31. The second-order valence-corrected chi connectivity index (χ2v) is 8.65. The van der Waals surface area contributed by atoms with E-state index < -0.39 is 22.0 Å². The fraction of sp³-hybridized carbons (Fsp3) is 0.278. The number of carbonyl (C=O) groups excluding carboxylic acids is 1. The van der Waals surface area contributed by atoms with E-state index in [9.17, 15) is 13.2 Å². The smallest absolute Gasteiger partial charge is 0.248 e. The minimum absolute atomic E-state index is 0.185. The number of hydrogen-bond acceptors (Lipinski definition) is 5. The van der Waals surface area contributed by atoms with Crippen molar-refractivity contribution in [3.05, 3.63) is 46.4 Å². The van der Waals surface area contributed by atoms with Gasteiger partial charge in [0.2, 0.25) is 15.9 Å². The molecule has 2 aromatic rings. The summed E-state index contributed by atoms with van der Waals surface area (Å²) in [6.45, 7) is 1.46. The Bertz CT molecular complexity index is 962. The van der Waals surface area contributed by atoms with Gasteiger partial charge in [0, 0.05) is 16.1 Å². The number of rotatable bonds is 7. The van der Waals surface area contributed by atoms with Crippen LogP contribution in [0, 0.1) is 0 Å². The van der Waals surface area contributed by atoms with Crippen LogP contribution in [-0.2, 0) is 14.8 Å². The van der Waals surface area contributed by atoms with Gasteiger partial charge in [-0.15, -0.1) is 0 Å². The number of nitrogens with zero attached hydrogens (tertiary/aromatic N) is 1. The molecule has 1 N–H and O–H groups in total. The third-order valence-electron chi connectivity index (χ3n) is 3.86. The molecule has 0 aliphatic heterocycles. The highest BCUT2D eigenvalue weighted by Gasteiger charge is 2.30. The number of carbonyl (C=O) groups is 1. The standard InChI is InChI=1S/C18H20Cl2N2O5S/c1-11(18(23)21-16-6-5-15(26-2)10-17(16)27-3)22(28(4,24)25)14-8-12(19)7-13(20)9-14/h5-11H,1-4H3,(H,21,23). The molecule has 28 heavy (non-hydrogen) atoms. The number of anilines is 2. The molecule has 2 rings (SSSR count). The monoisotopic (exact) mass is 446 g/mol. The predicted molar refractivity (Wildman–Crippen MR) is 111 cm³/mol. The van der Waals surface area contributed by atoms with E-state index in [-0.39, 0.29) is 15.7 Å². The molecule has 0 aliphatic carbocycles. The number of nitrogens with one attached hydrogen (secondary N) is 1. The fourth-order valence-electron chi connectivity index (χ4n) is 2.61. The first-order valence-electron chi connectivity index (χ1n) is 8.05. The Morgan fingerprint density at radius 2 is 1.68 bits per heavy atom. The maximum atomic E-state index is 12.8. The van der Waals surface area contributed by atoms with Gasteiger partial charge in [0.15, 0.2) is 0 Å². The van der Waals surface area contributed by atoms with Crippen LogP contribution >= 0.6 is 23.2 Å². The van der Waals surface area contributed by atoms with Crippen molar-refractivity contribution in [1.82, 2.24) is 0 Å². The summed E-state index contributed by atoms with van der Waals surface area (Å²) in [6.07, 6.45) is 1.000. The molecule has 2 aromatic carbocycles. The number of sulfonamides is 1. The highest BCUT2D eigenvalue weighted by molar-refractivity contribution is 7.92. The van der Waals surface area contributed by atoms with Crippen LogP contribution in [0.3, 0.4) is 0 Å². The number of hydrogen-bond donors (Lipinski definition) is 1. The summed E-state index contributed by atoms with van der Waals surface area (Å²) < 4.78 is 36.1. The average Bonchev–Trinajstić information content (AvgIpc) is 2.60. The Morgan fingerprint density at radius 3 is 2.18 bits per heavy atom. The highest BCUT2D eigenvalue weighted by atomic mass is 35.5. The number of benzene rings is 2. The number of halogens is 2. The first-order chi connectivity index (χ1) is 13.1. The van der Waals surface area contributed by atoms with E-state index >= 15 is 0 Å². The van der Waals surface area contributed by atoms with Crippen molar-refractivity contribution in [2.24, 2.45) is 0 Å². The maximum Gasteiger partial charge on any atom is 0.248 e. The molecule has 0 radical (unpaired) electrons. The molecule has 152 valence electrons. The van der Waals surface area contributed by atoms with Gasteiger partial charge in [-0.1, -0.05) is 23.2 Å². The predicted octanol–water partition coefficient (Wildman–Crippen LogP) is 3.80. The summed E-state index contributed by atoms with van der Waals surface area (Å²) in [5.74, 6) is 0.357. The van der Waals surface area contributed by atoms with Gasteiger partial charge in [0.25, 0.3) is 0 Å². The Kier molecular flexibility index (Phi) is 7.03. The molecule has 1 atom stereocenters. The van der Waals surface area contributed by atoms with Gasteiger partial charge in [-0.25, -0.2) is 8.42 Å². The van der Waals surface area contributed by atoms with Gasteiger partial charge < -0.3 is 14.8 Å². The van der Waals surface area contributed by atoms with Crippen LogP contribution in [0.1, 0.15) is 6.92 Å². The van der Waals surface area contributed by atoms with Gasteiger partial charge >= 0.3 is 0 Å². The molecule has 10 heteroatoms. The number of ether oxygens (including phenoxy) is 2. The zero-order valence-corrected chi connectivity index (χ0v) is 18.0. The minimum Gasteiger partial charge on any atom is -0.497 e. The zero-order chi connectivity index (χ0) is 21.1.